The van der Waals surface area contributed by atoms with Crippen LogP contribution < -0.4 is 26.6 Å². The fourth-order valence-corrected chi connectivity index (χ4v) is 4.39. The van der Waals surface area contributed by atoms with Gasteiger partial charge in [-0.25, -0.2) is 0 Å². The van der Waals surface area contributed by atoms with Gasteiger partial charge >= 0.3 is 6.18 Å². The fourth-order valence-electron chi connectivity index (χ4n) is 4.39. The highest BCUT2D eigenvalue weighted by Gasteiger charge is 2.32. The maximum absolute atomic E-state index is 13.6. The number of amides is 3. The van der Waals surface area contributed by atoms with Gasteiger partial charge in [0.25, 0.3) is 5.91 Å². The van der Waals surface area contributed by atoms with Gasteiger partial charge in [-0.2, -0.15) is 13.2 Å². The van der Waals surface area contributed by atoms with Gasteiger partial charge in [0.15, 0.2) is 0 Å². The predicted octanol–water partition coefficient (Wildman–Crippen LogP) is 4.85. The monoisotopic (exact) mass is 611 g/mol. The number of carbonyl (C=O) groups excluding carboxylic acids is 3. The van der Waals surface area contributed by atoms with Gasteiger partial charge in [-0.3, -0.25) is 14.4 Å². The lowest BCUT2D eigenvalue weighted by molar-refractivity contribution is -0.137. The van der Waals surface area contributed by atoms with Crippen LogP contribution in [0.25, 0.3) is 0 Å². The Morgan fingerprint density at radius 1 is 0.864 bits per heavy atom. The number of anilines is 1. The zero-order chi connectivity index (χ0) is 32.5. The molecular formula is C33H40F3N5O3. The molecule has 0 fully saturated rings. The van der Waals surface area contributed by atoms with E-state index in [4.69, 9.17) is 0 Å². The Kier molecular flexibility index (Phi) is 11.5. The number of halogens is 3. The van der Waals surface area contributed by atoms with Crippen LogP contribution in [-0.4, -0.2) is 42.4 Å². The Morgan fingerprint density at radius 3 is 2.20 bits per heavy atom. The molecular weight excluding hydrogens is 571 g/mol. The van der Waals surface area contributed by atoms with Gasteiger partial charge in [0, 0.05) is 36.4 Å². The normalized spacial score (nSPS) is 12.3. The Labute approximate surface area is 256 Å². The lowest BCUT2D eigenvalue weighted by atomic mass is 10.1. The summed E-state index contributed by atoms with van der Waals surface area (Å²) in [6.45, 7) is 9.71. The van der Waals surface area contributed by atoms with Crippen molar-refractivity contribution in [3.63, 3.8) is 0 Å². The molecule has 1 atom stereocenters. The molecule has 0 spiro atoms. The van der Waals surface area contributed by atoms with Crippen molar-refractivity contribution >= 4 is 23.4 Å². The fraction of sp³-hybridized carbons (Fsp3) is 0.364. The van der Waals surface area contributed by atoms with Gasteiger partial charge in [0.2, 0.25) is 11.8 Å². The van der Waals surface area contributed by atoms with Gasteiger partial charge < -0.3 is 26.6 Å². The predicted molar refractivity (Wildman–Crippen MR) is 165 cm³/mol. The molecule has 11 heteroatoms. The van der Waals surface area contributed by atoms with Gasteiger partial charge in [-0.15, -0.1) is 0 Å². The summed E-state index contributed by atoms with van der Waals surface area (Å²) in [5.74, 6) is -1.95. The van der Waals surface area contributed by atoms with Crippen molar-refractivity contribution in [3.8, 4) is 0 Å². The van der Waals surface area contributed by atoms with Crippen molar-refractivity contribution in [3.05, 3.63) is 100 Å². The van der Waals surface area contributed by atoms with E-state index < -0.39 is 47.6 Å². The summed E-state index contributed by atoms with van der Waals surface area (Å²) < 4.78 is 40.8. The van der Waals surface area contributed by atoms with Crippen molar-refractivity contribution in [1.29, 1.82) is 0 Å². The standard InChI is InChI=1S/C33H40F3N5O3/c1-21-11-12-24(22(2)13-21)18-37-19-28(31(44)41-32(3,4)5)40-29(42)20-39-30(43)25-14-26(33(34,35)36)16-27(15-25)38-17-23-9-7-6-8-10-23/h6-16,28,37-38H,17-20H2,1-5H3,(H,39,43)(H,40,42)(H,41,44). The number of alkyl halides is 3. The number of nitrogens with one attached hydrogen (secondary N) is 5. The number of rotatable bonds is 12. The quantitative estimate of drug-likeness (QED) is 0.201. The van der Waals surface area contributed by atoms with Crippen LogP contribution in [-0.2, 0) is 28.9 Å². The molecule has 3 rings (SSSR count). The summed E-state index contributed by atoms with van der Waals surface area (Å²) in [6.07, 6.45) is -4.69. The Bertz CT molecular complexity index is 1450. The molecule has 0 aliphatic rings. The minimum atomic E-state index is -4.69. The van der Waals surface area contributed by atoms with Crippen LogP contribution in [0.3, 0.4) is 0 Å². The molecule has 0 heterocycles. The molecule has 0 aromatic heterocycles. The SMILES string of the molecule is Cc1ccc(CNCC(NC(=O)CNC(=O)c2cc(NCc3ccccc3)cc(C(F)(F)F)c2)C(=O)NC(C)(C)C)c(C)c1. The average Bonchev–Trinajstić information content (AvgIpc) is 2.94. The second-order valence-corrected chi connectivity index (χ2v) is 11.7. The summed E-state index contributed by atoms with van der Waals surface area (Å²) in [5, 5.41) is 13.9. The third-order valence-electron chi connectivity index (χ3n) is 6.58. The zero-order valence-electron chi connectivity index (χ0n) is 25.6. The van der Waals surface area contributed by atoms with Crippen LogP contribution in [0.4, 0.5) is 18.9 Å². The maximum atomic E-state index is 13.6. The van der Waals surface area contributed by atoms with E-state index in [0.29, 0.717) is 6.54 Å². The van der Waals surface area contributed by atoms with E-state index in [0.717, 1.165) is 34.4 Å². The van der Waals surface area contributed by atoms with E-state index in [1.165, 1.54) is 6.07 Å². The highest BCUT2D eigenvalue weighted by Crippen LogP contribution is 2.32. The molecule has 3 amide bonds. The highest BCUT2D eigenvalue weighted by molar-refractivity contribution is 5.98. The molecule has 8 nitrogen and oxygen atoms in total. The number of carbonyl (C=O) groups is 3. The lowest BCUT2D eigenvalue weighted by Gasteiger charge is -2.26. The number of hydrogen-bond donors (Lipinski definition) is 5. The first-order valence-corrected chi connectivity index (χ1v) is 14.3. The van der Waals surface area contributed by atoms with Crippen molar-refractivity contribution in [2.45, 2.75) is 65.5 Å². The third-order valence-corrected chi connectivity index (χ3v) is 6.58. The molecule has 1 unspecified atom stereocenters. The summed E-state index contributed by atoms with van der Waals surface area (Å²) in [4.78, 5) is 38.7. The van der Waals surface area contributed by atoms with Crippen molar-refractivity contribution in [2.75, 3.05) is 18.4 Å². The van der Waals surface area contributed by atoms with E-state index in [1.54, 1.807) is 0 Å². The molecule has 44 heavy (non-hydrogen) atoms. The molecule has 236 valence electrons. The number of benzene rings is 3. The van der Waals surface area contributed by atoms with Crippen molar-refractivity contribution < 1.29 is 27.6 Å². The second-order valence-electron chi connectivity index (χ2n) is 11.7. The van der Waals surface area contributed by atoms with Gasteiger partial charge in [-0.1, -0.05) is 54.1 Å². The first kappa shape index (κ1) is 34.1. The third kappa shape index (κ3) is 11.0. The minimum absolute atomic E-state index is 0.104. The Balaban J connectivity index is 1.66. The smallest absolute Gasteiger partial charge is 0.381 e. The molecule has 0 bridgehead atoms. The molecule has 0 aliphatic carbocycles. The van der Waals surface area contributed by atoms with Crippen LogP contribution in [0.15, 0.2) is 66.7 Å². The van der Waals surface area contributed by atoms with E-state index in [-0.39, 0.29) is 24.3 Å². The summed E-state index contributed by atoms with van der Waals surface area (Å²) in [5.41, 5.74) is 2.40. The Morgan fingerprint density at radius 2 is 1.57 bits per heavy atom. The first-order chi connectivity index (χ1) is 20.6. The van der Waals surface area contributed by atoms with Crippen molar-refractivity contribution in [1.82, 2.24) is 21.3 Å². The molecule has 0 aliphatic heterocycles. The molecule has 0 saturated heterocycles. The number of aryl methyl sites for hydroxylation is 2. The van der Waals surface area contributed by atoms with E-state index >= 15 is 0 Å². The van der Waals surface area contributed by atoms with E-state index in [2.05, 4.69) is 32.7 Å². The van der Waals surface area contributed by atoms with Crippen molar-refractivity contribution in [2.24, 2.45) is 0 Å². The van der Waals surface area contributed by atoms with Gasteiger partial charge in [0.05, 0.1) is 12.1 Å². The van der Waals surface area contributed by atoms with E-state index in [9.17, 15) is 27.6 Å². The average molecular weight is 612 g/mol. The topological polar surface area (TPSA) is 111 Å². The summed E-state index contributed by atoms with van der Waals surface area (Å²) in [6, 6.07) is 17.1. The largest absolute Gasteiger partial charge is 0.416 e. The van der Waals surface area contributed by atoms with Crippen LogP contribution in [0, 0.1) is 13.8 Å². The van der Waals surface area contributed by atoms with Crippen LogP contribution in [0.2, 0.25) is 0 Å². The molecule has 5 N–H and O–H groups in total. The van der Waals surface area contributed by atoms with Gasteiger partial charge in [0.1, 0.15) is 6.04 Å². The Hall–Kier alpha value is -4.38. The van der Waals surface area contributed by atoms with Crippen LogP contribution in [0.1, 0.15) is 58.9 Å². The number of hydrogen-bond acceptors (Lipinski definition) is 5. The highest BCUT2D eigenvalue weighted by atomic mass is 19.4. The molecule has 0 saturated carbocycles. The summed E-state index contributed by atoms with van der Waals surface area (Å²) in [7, 11) is 0. The van der Waals surface area contributed by atoms with Crippen LogP contribution >= 0.6 is 0 Å². The minimum Gasteiger partial charge on any atom is -0.381 e. The van der Waals surface area contributed by atoms with Gasteiger partial charge in [-0.05, 0) is 69.5 Å². The van der Waals surface area contributed by atoms with E-state index in [1.807, 2.05) is 77.1 Å². The zero-order valence-corrected chi connectivity index (χ0v) is 25.6. The maximum Gasteiger partial charge on any atom is 0.416 e. The molecule has 3 aromatic rings. The molecule has 0 radical (unpaired) electrons. The molecule has 3 aromatic carbocycles. The lowest BCUT2D eigenvalue weighted by Crippen LogP contribution is -2.56. The van der Waals surface area contributed by atoms with Crippen LogP contribution in [0.5, 0.6) is 0 Å². The summed E-state index contributed by atoms with van der Waals surface area (Å²) >= 11 is 0. The first-order valence-electron chi connectivity index (χ1n) is 14.3. The second kappa shape index (κ2) is 14.9.